The summed E-state index contributed by atoms with van der Waals surface area (Å²) in [6.45, 7) is 5.24. The van der Waals surface area contributed by atoms with Gasteiger partial charge in [0.25, 0.3) is 0 Å². The van der Waals surface area contributed by atoms with Crippen molar-refractivity contribution in [2.45, 2.75) is 13.8 Å². The van der Waals surface area contributed by atoms with Gasteiger partial charge in [-0.2, -0.15) is 5.10 Å². The molecule has 0 atom stereocenters. The highest BCUT2D eigenvalue weighted by Crippen LogP contribution is 2.38. The first-order chi connectivity index (χ1) is 13.2. The van der Waals surface area contributed by atoms with Crippen molar-refractivity contribution in [2.75, 3.05) is 19.8 Å². The van der Waals surface area contributed by atoms with Crippen LogP contribution in [0.15, 0.2) is 42.5 Å². The van der Waals surface area contributed by atoms with Gasteiger partial charge >= 0.3 is 5.97 Å². The number of nitrogens with zero attached hydrogens (tertiary/aromatic N) is 1. The molecule has 0 amide bonds. The molecular formula is C21H20N2O4. The number of aromatic amines is 1. The van der Waals surface area contributed by atoms with Crippen LogP contribution < -0.4 is 9.47 Å². The standard InChI is InChI=1S/C21H20N2O4/c1-3-25-21(24)15-6-4-14(5-7-15)20-19(13(2)22-23-20)16-8-9-17-18(12-16)27-11-10-26-17/h4-9,12H,3,10-11H2,1-2H3,(H,22,23). The summed E-state index contributed by atoms with van der Waals surface area (Å²) in [6, 6.07) is 13.2. The molecule has 2 heterocycles. The molecule has 1 aliphatic heterocycles. The highest BCUT2D eigenvalue weighted by molar-refractivity contribution is 5.91. The number of esters is 1. The maximum absolute atomic E-state index is 11.9. The van der Waals surface area contributed by atoms with Gasteiger partial charge in [-0.25, -0.2) is 4.79 Å². The zero-order valence-electron chi connectivity index (χ0n) is 15.2. The smallest absolute Gasteiger partial charge is 0.338 e. The first-order valence-corrected chi connectivity index (χ1v) is 8.90. The largest absolute Gasteiger partial charge is 0.486 e. The Bertz CT molecular complexity index is 976. The van der Waals surface area contributed by atoms with Crippen molar-refractivity contribution in [1.82, 2.24) is 10.2 Å². The molecule has 0 radical (unpaired) electrons. The van der Waals surface area contributed by atoms with Crippen molar-refractivity contribution >= 4 is 5.97 Å². The van der Waals surface area contributed by atoms with Gasteiger partial charge in [0.1, 0.15) is 18.9 Å². The van der Waals surface area contributed by atoms with Crippen LogP contribution in [0.3, 0.4) is 0 Å². The van der Waals surface area contributed by atoms with Crippen LogP contribution in [0.4, 0.5) is 0 Å². The molecule has 1 N–H and O–H groups in total. The summed E-state index contributed by atoms with van der Waals surface area (Å²) in [5, 5.41) is 7.53. The monoisotopic (exact) mass is 364 g/mol. The Morgan fingerprint density at radius 3 is 2.52 bits per heavy atom. The van der Waals surface area contributed by atoms with Gasteiger partial charge in [0, 0.05) is 16.8 Å². The Hall–Kier alpha value is -3.28. The SMILES string of the molecule is CCOC(=O)c1ccc(-c2n[nH]c(C)c2-c2ccc3c(c2)OCCO3)cc1. The van der Waals surface area contributed by atoms with Crippen molar-refractivity contribution < 1.29 is 19.0 Å². The first kappa shape index (κ1) is 17.1. The van der Waals surface area contributed by atoms with Gasteiger partial charge in [0.05, 0.1) is 12.2 Å². The van der Waals surface area contributed by atoms with Gasteiger partial charge in [0.2, 0.25) is 0 Å². The predicted molar refractivity (Wildman–Crippen MR) is 101 cm³/mol. The highest BCUT2D eigenvalue weighted by atomic mass is 16.6. The zero-order valence-corrected chi connectivity index (χ0v) is 15.2. The number of hydrogen-bond donors (Lipinski definition) is 1. The van der Waals surface area contributed by atoms with E-state index in [0.717, 1.165) is 39.6 Å². The normalized spacial score (nSPS) is 12.7. The fourth-order valence-electron chi connectivity index (χ4n) is 3.17. The Labute approximate surface area is 157 Å². The van der Waals surface area contributed by atoms with Crippen molar-refractivity contribution in [3.63, 3.8) is 0 Å². The third-order valence-corrected chi connectivity index (χ3v) is 4.45. The maximum Gasteiger partial charge on any atom is 0.338 e. The number of H-pyrrole nitrogens is 1. The summed E-state index contributed by atoms with van der Waals surface area (Å²) in [4.78, 5) is 11.9. The van der Waals surface area contributed by atoms with Crippen molar-refractivity contribution in [1.29, 1.82) is 0 Å². The van der Waals surface area contributed by atoms with Gasteiger partial charge in [-0.15, -0.1) is 0 Å². The summed E-state index contributed by atoms with van der Waals surface area (Å²) in [7, 11) is 0. The molecule has 2 aromatic carbocycles. The number of aryl methyl sites for hydroxylation is 1. The lowest BCUT2D eigenvalue weighted by Crippen LogP contribution is -2.15. The number of aromatic nitrogens is 2. The van der Waals surface area contributed by atoms with Gasteiger partial charge in [-0.1, -0.05) is 18.2 Å². The fourth-order valence-corrected chi connectivity index (χ4v) is 3.17. The average Bonchev–Trinajstić information content (AvgIpc) is 3.09. The Morgan fingerprint density at radius 1 is 1.07 bits per heavy atom. The number of nitrogens with one attached hydrogen (secondary N) is 1. The number of ether oxygens (including phenoxy) is 3. The van der Waals surface area contributed by atoms with Crippen LogP contribution in [-0.4, -0.2) is 36.0 Å². The van der Waals surface area contributed by atoms with E-state index in [4.69, 9.17) is 14.2 Å². The van der Waals surface area contributed by atoms with Crippen LogP contribution in [0.2, 0.25) is 0 Å². The first-order valence-electron chi connectivity index (χ1n) is 8.90. The van der Waals surface area contributed by atoms with E-state index in [-0.39, 0.29) is 5.97 Å². The van der Waals surface area contributed by atoms with Gasteiger partial charge in [-0.3, -0.25) is 5.10 Å². The van der Waals surface area contributed by atoms with Crippen molar-refractivity contribution in [3.8, 4) is 33.9 Å². The molecule has 0 bridgehead atoms. The second-order valence-corrected chi connectivity index (χ2v) is 6.23. The van der Waals surface area contributed by atoms with Gasteiger partial charge in [0.15, 0.2) is 11.5 Å². The summed E-state index contributed by atoms with van der Waals surface area (Å²) in [6.07, 6.45) is 0. The average molecular weight is 364 g/mol. The molecule has 0 aliphatic carbocycles. The molecule has 1 aliphatic rings. The Kier molecular flexibility index (Phi) is 4.54. The molecule has 0 spiro atoms. The minimum Gasteiger partial charge on any atom is -0.486 e. The van der Waals surface area contributed by atoms with E-state index in [0.29, 0.717) is 25.4 Å². The molecule has 27 heavy (non-hydrogen) atoms. The summed E-state index contributed by atoms with van der Waals surface area (Å²) in [5.41, 5.74) is 5.20. The molecule has 3 aromatic rings. The number of carbonyl (C=O) groups is 1. The van der Waals surface area contributed by atoms with Gasteiger partial charge in [-0.05, 0) is 43.7 Å². The number of hydrogen-bond acceptors (Lipinski definition) is 5. The van der Waals surface area contributed by atoms with E-state index in [1.807, 2.05) is 37.3 Å². The van der Waals surface area contributed by atoms with Gasteiger partial charge < -0.3 is 14.2 Å². The fraction of sp³-hybridized carbons (Fsp3) is 0.238. The lowest BCUT2D eigenvalue weighted by Gasteiger charge is -2.19. The third kappa shape index (κ3) is 3.26. The molecule has 6 heteroatoms. The summed E-state index contributed by atoms with van der Waals surface area (Å²) in [5.74, 6) is 1.17. The second-order valence-electron chi connectivity index (χ2n) is 6.23. The highest BCUT2D eigenvalue weighted by Gasteiger charge is 2.18. The molecule has 1 aromatic heterocycles. The lowest BCUT2D eigenvalue weighted by atomic mass is 9.98. The Balaban J connectivity index is 1.71. The number of benzene rings is 2. The van der Waals surface area contributed by atoms with Crippen molar-refractivity contribution in [2.24, 2.45) is 0 Å². The Morgan fingerprint density at radius 2 is 1.78 bits per heavy atom. The second kappa shape index (κ2) is 7.15. The van der Waals surface area contributed by atoms with E-state index in [1.54, 1.807) is 19.1 Å². The predicted octanol–water partition coefficient (Wildman–Crippen LogP) is 4.00. The van der Waals surface area contributed by atoms with Crippen LogP contribution >= 0.6 is 0 Å². The van der Waals surface area contributed by atoms with Crippen LogP contribution in [0.5, 0.6) is 11.5 Å². The number of rotatable bonds is 4. The molecule has 0 saturated heterocycles. The summed E-state index contributed by atoms with van der Waals surface area (Å²) < 4.78 is 16.3. The number of carbonyl (C=O) groups excluding carboxylic acids is 1. The quantitative estimate of drug-likeness (QED) is 0.709. The molecule has 138 valence electrons. The minimum absolute atomic E-state index is 0.325. The lowest BCUT2D eigenvalue weighted by molar-refractivity contribution is 0.0526. The molecule has 0 fully saturated rings. The number of fused-ring (bicyclic) bond motifs is 1. The van der Waals surface area contributed by atoms with E-state index in [9.17, 15) is 4.79 Å². The van der Waals surface area contributed by atoms with Crippen LogP contribution in [0.1, 0.15) is 23.0 Å². The van der Waals surface area contributed by atoms with E-state index in [1.165, 1.54) is 0 Å². The molecular weight excluding hydrogens is 344 g/mol. The van der Waals surface area contributed by atoms with Crippen molar-refractivity contribution in [3.05, 3.63) is 53.7 Å². The molecule has 0 unspecified atom stereocenters. The van der Waals surface area contributed by atoms with Crippen LogP contribution in [0, 0.1) is 6.92 Å². The topological polar surface area (TPSA) is 73.4 Å². The van der Waals surface area contributed by atoms with Crippen LogP contribution in [-0.2, 0) is 4.74 Å². The van der Waals surface area contributed by atoms with E-state index < -0.39 is 0 Å². The van der Waals surface area contributed by atoms with E-state index in [2.05, 4.69) is 10.2 Å². The van der Waals surface area contributed by atoms with E-state index >= 15 is 0 Å². The maximum atomic E-state index is 11.9. The minimum atomic E-state index is -0.325. The molecule has 0 saturated carbocycles. The third-order valence-electron chi connectivity index (χ3n) is 4.45. The summed E-state index contributed by atoms with van der Waals surface area (Å²) >= 11 is 0. The molecule has 6 nitrogen and oxygen atoms in total. The molecule has 4 rings (SSSR count). The van der Waals surface area contributed by atoms with Crippen LogP contribution in [0.25, 0.3) is 22.4 Å². The zero-order chi connectivity index (χ0) is 18.8.